The highest BCUT2D eigenvalue weighted by molar-refractivity contribution is 7.89. The van der Waals surface area contributed by atoms with Crippen LogP contribution in [0.1, 0.15) is 0 Å². The van der Waals surface area contributed by atoms with E-state index in [0.29, 0.717) is 6.54 Å². The van der Waals surface area contributed by atoms with Crippen LogP contribution in [-0.2, 0) is 10.0 Å². The maximum atomic E-state index is 12.2. The number of rotatable bonds is 6. The minimum absolute atomic E-state index is 0.0637. The van der Waals surface area contributed by atoms with Gasteiger partial charge in [0.25, 0.3) is 0 Å². The third kappa shape index (κ3) is 4.50. The second-order valence-electron chi connectivity index (χ2n) is 4.12. The fourth-order valence-corrected chi connectivity index (χ4v) is 3.34. The number of hydrogen-bond acceptors (Lipinski definition) is 4. The standard InChI is InChI=1S/C11H16Cl2N2O3S/c1-15(2)5-4-14-19(16,17)10-7-8(12)6-9(13)11(10)18-3/h6-7,14H,4-5H2,1-3H3. The molecule has 1 aromatic rings. The molecule has 0 aliphatic heterocycles. The number of methoxy groups -OCH3 is 1. The van der Waals surface area contributed by atoms with Crippen molar-refractivity contribution in [2.75, 3.05) is 34.3 Å². The van der Waals surface area contributed by atoms with Gasteiger partial charge in [0, 0.05) is 18.1 Å². The summed E-state index contributed by atoms with van der Waals surface area (Å²) in [5.41, 5.74) is 0. The van der Waals surface area contributed by atoms with E-state index in [1.54, 1.807) is 0 Å². The first-order valence-corrected chi connectivity index (χ1v) is 7.69. The summed E-state index contributed by atoms with van der Waals surface area (Å²) in [6, 6.07) is 2.74. The van der Waals surface area contributed by atoms with Crippen molar-refractivity contribution in [3.05, 3.63) is 22.2 Å². The van der Waals surface area contributed by atoms with Crippen LogP contribution < -0.4 is 9.46 Å². The number of ether oxygens (including phenoxy) is 1. The van der Waals surface area contributed by atoms with Gasteiger partial charge < -0.3 is 9.64 Å². The molecule has 0 unspecified atom stereocenters. The van der Waals surface area contributed by atoms with Crippen molar-refractivity contribution >= 4 is 33.2 Å². The highest BCUT2D eigenvalue weighted by Crippen LogP contribution is 2.34. The molecule has 0 fully saturated rings. The van der Waals surface area contributed by atoms with Crippen LogP contribution in [0.4, 0.5) is 0 Å². The van der Waals surface area contributed by atoms with Crippen molar-refractivity contribution in [3.63, 3.8) is 0 Å². The van der Waals surface area contributed by atoms with Gasteiger partial charge in [0.05, 0.1) is 12.1 Å². The molecule has 8 heteroatoms. The quantitative estimate of drug-likeness (QED) is 0.866. The van der Waals surface area contributed by atoms with E-state index in [1.807, 2.05) is 19.0 Å². The molecule has 0 saturated heterocycles. The first kappa shape index (κ1) is 16.5. The zero-order valence-corrected chi connectivity index (χ0v) is 13.2. The Labute approximate surface area is 123 Å². The fraction of sp³-hybridized carbons (Fsp3) is 0.455. The highest BCUT2D eigenvalue weighted by atomic mass is 35.5. The Morgan fingerprint density at radius 3 is 2.47 bits per heavy atom. The summed E-state index contributed by atoms with van der Waals surface area (Å²) in [7, 11) is 1.35. The van der Waals surface area contributed by atoms with Gasteiger partial charge in [-0.05, 0) is 26.2 Å². The Kier molecular flexibility index (Phi) is 5.88. The molecule has 0 heterocycles. The summed E-state index contributed by atoms with van der Waals surface area (Å²) < 4.78 is 31.8. The molecule has 0 amide bonds. The summed E-state index contributed by atoms with van der Waals surface area (Å²) in [4.78, 5) is 1.80. The molecule has 108 valence electrons. The normalized spacial score (nSPS) is 11.9. The van der Waals surface area contributed by atoms with Crippen LogP contribution in [0.5, 0.6) is 5.75 Å². The number of benzene rings is 1. The van der Waals surface area contributed by atoms with Crippen molar-refractivity contribution < 1.29 is 13.2 Å². The van der Waals surface area contributed by atoms with Gasteiger partial charge in [-0.25, -0.2) is 13.1 Å². The van der Waals surface area contributed by atoms with Gasteiger partial charge >= 0.3 is 0 Å². The lowest BCUT2D eigenvalue weighted by Crippen LogP contribution is -2.31. The summed E-state index contributed by atoms with van der Waals surface area (Å²) in [5.74, 6) is 0.0865. The van der Waals surface area contributed by atoms with Crippen molar-refractivity contribution in [2.24, 2.45) is 0 Å². The second-order valence-corrected chi connectivity index (χ2v) is 6.70. The topological polar surface area (TPSA) is 58.6 Å². The van der Waals surface area contributed by atoms with E-state index in [1.165, 1.54) is 19.2 Å². The highest BCUT2D eigenvalue weighted by Gasteiger charge is 2.22. The third-order valence-corrected chi connectivity index (χ3v) is 4.28. The van der Waals surface area contributed by atoms with Crippen LogP contribution in [-0.4, -0.2) is 47.6 Å². The molecule has 0 spiro atoms. The molecular weight excluding hydrogens is 311 g/mol. The summed E-state index contributed by atoms with van der Waals surface area (Å²) in [6.07, 6.45) is 0. The molecule has 0 saturated carbocycles. The van der Waals surface area contributed by atoms with Crippen molar-refractivity contribution in [1.29, 1.82) is 0 Å². The van der Waals surface area contributed by atoms with Crippen molar-refractivity contribution in [2.45, 2.75) is 4.90 Å². The van der Waals surface area contributed by atoms with Gasteiger partial charge in [-0.15, -0.1) is 0 Å². The van der Waals surface area contributed by atoms with E-state index >= 15 is 0 Å². The predicted octanol–water partition coefficient (Wildman–Crippen LogP) is 1.84. The van der Waals surface area contributed by atoms with E-state index in [2.05, 4.69) is 4.72 Å². The van der Waals surface area contributed by atoms with Crippen LogP contribution in [0.2, 0.25) is 10.0 Å². The Balaban J connectivity index is 3.07. The molecule has 0 atom stereocenters. The molecule has 0 radical (unpaired) electrons. The number of halogens is 2. The van der Waals surface area contributed by atoms with E-state index in [0.717, 1.165) is 0 Å². The molecule has 1 rings (SSSR count). The van der Waals surface area contributed by atoms with Gasteiger partial charge in [-0.2, -0.15) is 0 Å². The zero-order valence-electron chi connectivity index (χ0n) is 10.9. The number of nitrogens with zero attached hydrogens (tertiary/aromatic N) is 1. The van der Waals surface area contributed by atoms with Gasteiger partial charge in [0.1, 0.15) is 4.90 Å². The molecule has 19 heavy (non-hydrogen) atoms. The van der Waals surface area contributed by atoms with Gasteiger partial charge in [0.15, 0.2) is 5.75 Å². The summed E-state index contributed by atoms with van der Waals surface area (Å²) in [6.45, 7) is 0.860. The monoisotopic (exact) mass is 326 g/mol. The molecule has 5 nitrogen and oxygen atoms in total. The van der Waals surface area contributed by atoms with Gasteiger partial charge in [-0.3, -0.25) is 0 Å². The summed E-state index contributed by atoms with van der Waals surface area (Å²) in [5, 5.41) is 0.391. The molecule has 0 aliphatic rings. The lowest BCUT2D eigenvalue weighted by Gasteiger charge is -2.14. The maximum Gasteiger partial charge on any atom is 0.244 e. The van der Waals surface area contributed by atoms with Crippen molar-refractivity contribution in [3.8, 4) is 5.75 Å². The predicted molar refractivity (Wildman–Crippen MR) is 76.8 cm³/mol. The maximum absolute atomic E-state index is 12.2. The number of sulfonamides is 1. The zero-order chi connectivity index (χ0) is 14.6. The molecule has 1 aromatic carbocycles. The van der Waals surface area contributed by atoms with Crippen LogP contribution in [0, 0.1) is 0 Å². The van der Waals surface area contributed by atoms with E-state index in [9.17, 15) is 8.42 Å². The third-order valence-electron chi connectivity index (χ3n) is 2.32. The fourth-order valence-electron chi connectivity index (χ4n) is 1.42. The Bertz CT molecular complexity index is 547. The first-order valence-electron chi connectivity index (χ1n) is 5.45. The number of nitrogens with one attached hydrogen (secondary N) is 1. The molecule has 0 aromatic heterocycles. The van der Waals surface area contributed by atoms with Crippen LogP contribution in [0.25, 0.3) is 0 Å². The van der Waals surface area contributed by atoms with Crippen LogP contribution in [0.15, 0.2) is 17.0 Å². The lowest BCUT2D eigenvalue weighted by molar-refractivity contribution is 0.400. The smallest absolute Gasteiger partial charge is 0.244 e. The molecule has 0 aliphatic carbocycles. The van der Waals surface area contributed by atoms with Gasteiger partial charge in [-0.1, -0.05) is 23.2 Å². The average Bonchev–Trinajstić information content (AvgIpc) is 2.27. The summed E-state index contributed by atoms with van der Waals surface area (Å²) >= 11 is 11.7. The number of hydrogen-bond donors (Lipinski definition) is 1. The van der Waals surface area contributed by atoms with Crippen LogP contribution in [0.3, 0.4) is 0 Å². The SMILES string of the molecule is COc1c(Cl)cc(Cl)cc1S(=O)(=O)NCCN(C)C. The Morgan fingerprint density at radius 2 is 1.95 bits per heavy atom. The second kappa shape index (κ2) is 6.76. The molecule has 1 N–H and O–H groups in total. The Hall–Kier alpha value is -0.530. The lowest BCUT2D eigenvalue weighted by atomic mass is 10.3. The number of likely N-dealkylation sites (N-methyl/N-ethyl adjacent to an activating group) is 1. The average molecular weight is 327 g/mol. The largest absolute Gasteiger partial charge is 0.494 e. The Morgan fingerprint density at radius 1 is 1.32 bits per heavy atom. The molecule has 0 bridgehead atoms. The van der Waals surface area contributed by atoms with E-state index < -0.39 is 10.0 Å². The minimum atomic E-state index is -3.71. The molecular formula is C11H16Cl2N2O3S. The van der Waals surface area contributed by atoms with Gasteiger partial charge in [0.2, 0.25) is 10.0 Å². The minimum Gasteiger partial charge on any atom is -0.494 e. The van der Waals surface area contributed by atoms with Crippen molar-refractivity contribution in [1.82, 2.24) is 9.62 Å². The van der Waals surface area contributed by atoms with Crippen LogP contribution >= 0.6 is 23.2 Å². The van der Waals surface area contributed by atoms with E-state index in [-0.39, 0.29) is 27.2 Å². The van der Waals surface area contributed by atoms with E-state index in [4.69, 9.17) is 27.9 Å². The first-order chi connectivity index (χ1) is 8.77.